The highest BCUT2D eigenvalue weighted by atomic mass is 15.2. The van der Waals surface area contributed by atoms with Gasteiger partial charge in [-0.1, -0.05) is 30.3 Å². The van der Waals surface area contributed by atoms with Gasteiger partial charge in [-0.25, -0.2) is 0 Å². The summed E-state index contributed by atoms with van der Waals surface area (Å²) in [5.41, 5.74) is 6.86. The molecule has 1 aliphatic rings. The van der Waals surface area contributed by atoms with Gasteiger partial charge in [-0.05, 0) is 49.1 Å². The van der Waals surface area contributed by atoms with Crippen LogP contribution in [-0.2, 0) is 6.42 Å². The second kappa shape index (κ2) is 5.58. The molecule has 104 valence electrons. The molecule has 0 spiro atoms. The highest BCUT2D eigenvalue weighted by molar-refractivity contribution is 5.58. The van der Waals surface area contributed by atoms with Gasteiger partial charge in [-0.2, -0.15) is 0 Å². The van der Waals surface area contributed by atoms with Crippen LogP contribution in [0.1, 0.15) is 16.7 Å². The summed E-state index contributed by atoms with van der Waals surface area (Å²) in [4.78, 5) is 2.48. The van der Waals surface area contributed by atoms with Crippen molar-refractivity contribution in [2.75, 3.05) is 29.9 Å². The predicted octanol–water partition coefficient (Wildman–Crippen LogP) is 3.78. The lowest BCUT2D eigenvalue weighted by molar-refractivity contribution is 0.838. The van der Waals surface area contributed by atoms with Crippen LogP contribution in [0.3, 0.4) is 0 Å². The number of aryl methyl sites for hydroxylation is 1. The van der Waals surface area contributed by atoms with E-state index in [-0.39, 0.29) is 0 Å². The van der Waals surface area contributed by atoms with Gasteiger partial charge in [-0.3, -0.25) is 0 Å². The summed E-state index contributed by atoms with van der Waals surface area (Å²) < 4.78 is 0. The molecule has 3 rings (SSSR count). The van der Waals surface area contributed by atoms with E-state index in [1.807, 2.05) is 0 Å². The molecule has 0 bridgehead atoms. The Morgan fingerprint density at radius 3 is 2.80 bits per heavy atom. The fourth-order valence-corrected chi connectivity index (χ4v) is 2.91. The molecule has 2 aromatic carbocycles. The van der Waals surface area contributed by atoms with Crippen molar-refractivity contribution in [1.82, 2.24) is 0 Å². The Balaban J connectivity index is 1.60. The molecular weight excluding hydrogens is 244 g/mol. The maximum Gasteiger partial charge on any atom is 0.0400 e. The lowest BCUT2D eigenvalue weighted by atomic mass is 10.1. The van der Waals surface area contributed by atoms with Crippen molar-refractivity contribution in [3.63, 3.8) is 0 Å². The maximum atomic E-state index is 3.57. The first-order valence-corrected chi connectivity index (χ1v) is 7.38. The third-order valence-electron chi connectivity index (χ3n) is 4.29. The number of fused-ring (bicyclic) bond motifs is 1. The molecule has 20 heavy (non-hydrogen) atoms. The van der Waals surface area contributed by atoms with Gasteiger partial charge in [0.1, 0.15) is 0 Å². The molecule has 1 N–H and O–H groups in total. The molecule has 2 aromatic rings. The molecule has 0 amide bonds. The Hall–Kier alpha value is -1.96. The molecule has 0 saturated carbocycles. The van der Waals surface area contributed by atoms with E-state index in [1.165, 1.54) is 34.5 Å². The molecule has 2 nitrogen and oxygen atoms in total. The Morgan fingerprint density at radius 2 is 1.90 bits per heavy atom. The van der Waals surface area contributed by atoms with Crippen LogP contribution >= 0.6 is 0 Å². The Morgan fingerprint density at radius 1 is 1.05 bits per heavy atom. The van der Waals surface area contributed by atoms with Crippen molar-refractivity contribution < 1.29 is 0 Å². The quantitative estimate of drug-likeness (QED) is 0.906. The topological polar surface area (TPSA) is 15.3 Å². The summed E-state index contributed by atoms with van der Waals surface area (Å²) in [5, 5.41) is 3.57. The summed E-state index contributed by atoms with van der Waals surface area (Å²) in [5.74, 6) is 0. The largest absolute Gasteiger partial charge is 0.383 e. The molecule has 0 fully saturated rings. The number of hydrogen-bond donors (Lipinski definition) is 1. The van der Waals surface area contributed by atoms with Gasteiger partial charge < -0.3 is 10.2 Å². The zero-order valence-electron chi connectivity index (χ0n) is 12.3. The smallest absolute Gasteiger partial charge is 0.0400 e. The van der Waals surface area contributed by atoms with Gasteiger partial charge in [0.05, 0.1) is 0 Å². The molecular formula is C18H22N2. The standard InChI is InChI=1S/C18H22N2/c1-14-6-5-8-17(15(14)2)19-11-13-20-12-10-16-7-3-4-9-18(16)20/h3-9,19H,10-13H2,1-2H3. The van der Waals surface area contributed by atoms with E-state index < -0.39 is 0 Å². The third-order valence-corrected chi connectivity index (χ3v) is 4.29. The van der Waals surface area contributed by atoms with Crippen molar-refractivity contribution in [2.45, 2.75) is 20.3 Å². The summed E-state index contributed by atoms with van der Waals surface area (Å²) in [6.07, 6.45) is 1.18. The fraction of sp³-hybridized carbons (Fsp3) is 0.333. The molecule has 2 heteroatoms. The molecule has 0 aromatic heterocycles. The normalized spacial score (nSPS) is 13.4. The van der Waals surface area contributed by atoms with Crippen molar-refractivity contribution in [1.29, 1.82) is 0 Å². The second-order valence-electron chi connectivity index (χ2n) is 5.54. The van der Waals surface area contributed by atoms with E-state index in [0.29, 0.717) is 0 Å². The predicted molar refractivity (Wildman–Crippen MR) is 86.8 cm³/mol. The first-order chi connectivity index (χ1) is 9.75. The minimum Gasteiger partial charge on any atom is -0.383 e. The number of benzene rings is 2. The van der Waals surface area contributed by atoms with Gasteiger partial charge in [-0.15, -0.1) is 0 Å². The van der Waals surface area contributed by atoms with Crippen LogP contribution in [0.4, 0.5) is 11.4 Å². The van der Waals surface area contributed by atoms with E-state index in [1.54, 1.807) is 0 Å². The number of nitrogens with zero attached hydrogens (tertiary/aromatic N) is 1. The average Bonchev–Trinajstić information content (AvgIpc) is 2.87. The van der Waals surface area contributed by atoms with Crippen LogP contribution in [-0.4, -0.2) is 19.6 Å². The average molecular weight is 266 g/mol. The van der Waals surface area contributed by atoms with Crippen LogP contribution in [0.25, 0.3) is 0 Å². The number of rotatable bonds is 4. The van der Waals surface area contributed by atoms with Crippen molar-refractivity contribution in [2.24, 2.45) is 0 Å². The summed E-state index contributed by atoms with van der Waals surface area (Å²) in [7, 11) is 0. The summed E-state index contributed by atoms with van der Waals surface area (Å²) in [6.45, 7) is 7.54. The number of anilines is 2. The molecule has 1 aliphatic heterocycles. The van der Waals surface area contributed by atoms with Crippen LogP contribution in [0.5, 0.6) is 0 Å². The zero-order valence-corrected chi connectivity index (χ0v) is 12.3. The second-order valence-corrected chi connectivity index (χ2v) is 5.54. The van der Waals surface area contributed by atoms with Gasteiger partial charge in [0, 0.05) is 31.0 Å². The van der Waals surface area contributed by atoms with Crippen molar-refractivity contribution >= 4 is 11.4 Å². The van der Waals surface area contributed by atoms with E-state index in [2.05, 4.69) is 66.5 Å². The highest BCUT2D eigenvalue weighted by Gasteiger charge is 2.17. The summed E-state index contributed by atoms with van der Waals surface area (Å²) >= 11 is 0. The Bertz CT molecular complexity index is 604. The number of para-hydroxylation sites is 1. The SMILES string of the molecule is Cc1cccc(NCCN2CCc3ccccc32)c1C. The molecule has 1 heterocycles. The molecule has 0 saturated heterocycles. The Labute approximate surface area is 121 Å². The lowest BCUT2D eigenvalue weighted by Crippen LogP contribution is -2.27. The maximum absolute atomic E-state index is 3.57. The number of hydrogen-bond acceptors (Lipinski definition) is 2. The highest BCUT2D eigenvalue weighted by Crippen LogP contribution is 2.27. The van der Waals surface area contributed by atoms with Crippen LogP contribution in [0, 0.1) is 13.8 Å². The van der Waals surface area contributed by atoms with Gasteiger partial charge in [0.2, 0.25) is 0 Å². The van der Waals surface area contributed by atoms with Gasteiger partial charge >= 0.3 is 0 Å². The first kappa shape index (κ1) is 13.0. The van der Waals surface area contributed by atoms with Crippen LogP contribution in [0.15, 0.2) is 42.5 Å². The van der Waals surface area contributed by atoms with Gasteiger partial charge in [0.25, 0.3) is 0 Å². The summed E-state index contributed by atoms with van der Waals surface area (Å²) in [6, 6.07) is 15.2. The minimum absolute atomic E-state index is 0.985. The third kappa shape index (κ3) is 2.51. The van der Waals surface area contributed by atoms with Crippen LogP contribution in [0.2, 0.25) is 0 Å². The van der Waals surface area contributed by atoms with Crippen molar-refractivity contribution in [3.8, 4) is 0 Å². The van der Waals surface area contributed by atoms with Crippen LogP contribution < -0.4 is 10.2 Å². The fourth-order valence-electron chi connectivity index (χ4n) is 2.91. The van der Waals surface area contributed by atoms with E-state index in [4.69, 9.17) is 0 Å². The molecule has 0 atom stereocenters. The van der Waals surface area contributed by atoms with E-state index in [0.717, 1.165) is 19.6 Å². The molecule has 0 radical (unpaired) electrons. The van der Waals surface area contributed by atoms with Crippen molar-refractivity contribution in [3.05, 3.63) is 59.2 Å². The Kier molecular flexibility index (Phi) is 3.64. The van der Waals surface area contributed by atoms with E-state index in [9.17, 15) is 0 Å². The lowest BCUT2D eigenvalue weighted by Gasteiger charge is -2.20. The zero-order chi connectivity index (χ0) is 13.9. The minimum atomic E-state index is 0.985. The first-order valence-electron chi connectivity index (χ1n) is 7.38. The molecule has 0 unspecified atom stereocenters. The van der Waals surface area contributed by atoms with E-state index >= 15 is 0 Å². The monoisotopic (exact) mass is 266 g/mol. The molecule has 0 aliphatic carbocycles. The number of nitrogens with one attached hydrogen (secondary N) is 1. The van der Waals surface area contributed by atoms with Gasteiger partial charge in [0.15, 0.2) is 0 Å².